The van der Waals surface area contributed by atoms with Crippen molar-refractivity contribution in [3.8, 4) is 0 Å². The molecule has 0 aliphatic carbocycles. The van der Waals surface area contributed by atoms with Gasteiger partial charge in [-0.2, -0.15) is 0 Å². The highest BCUT2D eigenvalue weighted by Gasteiger charge is 2.21. The number of rotatable bonds is 3. The van der Waals surface area contributed by atoms with Gasteiger partial charge in [0.2, 0.25) is 0 Å². The van der Waals surface area contributed by atoms with E-state index in [0.29, 0.717) is 6.04 Å². The van der Waals surface area contributed by atoms with Crippen molar-refractivity contribution in [2.45, 2.75) is 32.7 Å². The van der Waals surface area contributed by atoms with Gasteiger partial charge in [-0.15, -0.1) is 0 Å². The molecule has 0 amide bonds. The number of anilines is 2. The SMILES string of the molecule is Cc1cccc(N2CCC(Nc3cc(C)nc4ccc(F)cc34)CC2)n1. The van der Waals surface area contributed by atoms with Crippen molar-refractivity contribution in [1.29, 1.82) is 0 Å². The number of hydrogen-bond donors (Lipinski definition) is 1. The number of benzene rings is 1. The molecule has 0 atom stereocenters. The van der Waals surface area contributed by atoms with Crippen LogP contribution in [0.15, 0.2) is 42.5 Å². The molecule has 134 valence electrons. The molecule has 26 heavy (non-hydrogen) atoms. The number of nitrogens with zero attached hydrogens (tertiary/aromatic N) is 3. The quantitative estimate of drug-likeness (QED) is 0.757. The molecular formula is C21H23FN4. The molecule has 1 saturated heterocycles. The molecule has 1 aliphatic heterocycles. The molecule has 1 fully saturated rings. The molecule has 1 aromatic carbocycles. The summed E-state index contributed by atoms with van der Waals surface area (Å²) in [6.07, 6.45) is 2.04. The summed E-state index contributed by atoms with van der Waals surface area (Å²) in [4.78, 5) is 11.5. The molecule has 1 aliphatic rings. The summed E-state index contributed by atoms with van der Waals surface area (Å²) in [5.74, 6) is 0.822. The van der Waals surface area contributed by atoms with Crippen molar-refractivity contribution < 1.29 is 4.39 Å². The van der Waals surface area contributed by atoms with Crippen molar-refractivity contribution in [3.63, 3.8) is 0 Å². The Morgan fingerprint density at radius 1 is 1.00 bits per heavy atom. The van der Waals surface area contributed by atoms with Gasteiger partial charge >= 0.3 is 0 Å². The van der Waals surface area contributed by atoms with Crippen LogP contribution in [0.1, 0.15) is 24.2 Å². The van der Waals surface area contributed by atoms with Gasteiger partial charge in [0.15, 0.2) is 0 Å². The number of aryl methyl sites for hydroxylation is 2. The minimum Gasteiger partial charge on any atom is -0.382 e. The van der Waals surface area contributed by atoms with Crippen molar-refractivity contribution >= 4 is 22.4 Å². The first-order valence-corrected chi connectivity index (χ1v) is 9.10. The average Bonchev–Trinajstić information content (AvgIpc) is 2.63. The van der Waals surface area contributed by atoms with Gasteiger partial charge in [0.05, 0.1) is 5.52 Å². The molecule has 0 unspecified atom stereocenters. The third-order valence-electron chi connectivity index (χ3n) is 4.95. The van der Waals surface area contributed by atoms with Gasteiger partial charge in [-0.1, -0.05) is 6.07 Å². The second kappa shape index (κ2) is 6.90. The molecule has 1 N–H and O–H groups in total. The zero-order chi connectivity index (χ0) is 18.1. The van der Waals surface area contributed by atoms with E-state index in [1.165, 1.54) is 6.07 Å². The molecule has 0 radical (unpaired) electrons. The van der Waals surface area contributed by atoms with Crippen LogP contribution in [0.2, 0.25) is 0 Å². The van der Waals surface area contributed by atoms with E-state index >= 15 is 0 Å². The number of hydrogen-bond acceptors (Lipinski definition) is 4. The first-order chi connectivity index (χ1) is 12.6. The maximum Gasteiger partial charge on any atom is 0.128 e. The van der Waals surface area contributed by atoms with Crippen molar-refractivity contribution in [1.82, 2.24) is 9.97 Å². The van der Waals surface area contributed by atoms with Crippen molar-refractivity contribution in [2.24, 2.45) is 0 Å². The average molecular weight is 350 g/mol. The van der Waals surface area contributed by atoms with E-state index in [4.69, 9.17) is 0 Å². The molecule has 0 spiro atoms. The maximum atomic E-state index is 13.7. The Bertz CT molecular complexity index is 932. The Balaban J connectivity index is 1.49. The van der Waals surface area contributed by atoms with Crippen molar-refractivity contribution in [3.05, 3.63) is 59.7 Å². The lowest BCUT2D eigenvalue weighted by molar-refractivity contribution is 0.523. The number of halogens is 1. The smallest absolute Gasteiger partial charge is 0.128 e. The summed E-state index contributed by atoms with van der Waals surface area (Å²) in [6.45, 7) is 5.92. The number of pyridine rings is 2. The lowest BCUT2D eigenvalue weighted by Crippen LogP contribution is -2.39. The number of aromatic nitrogens is 2. The van der Waals surface area contributed by atoms with Crippen LogP contribution in [0.25, 0.3) is 10.9 Å². The predicted molar refractivity (Wildman–Crippen MR) is 104 cm³/mol. The fraction of sp³-hybridized carbons (Fsp3) is 0.333. The summed E-state index contributed by atoms with van der Waals surface area (Å²) in [5.41, 5.74) is 3.78. The fourth-order valence-corrected chi connectivity index (χ4v) is 3.63. The standard InChI is InChI=1S/C21H23FN4/c1-14-4-3-5-21(24-14)26-10-8-17(9-11-26)25-20-12-15(2)23-19-7-6-16(22)13-18(19)20/h3-7,12-13,17H,8-11H2,1-2H3,(H,23,25). The summed E-state index contributed by atoms with van der Waals surface area (Å²) in [6, 6.07) is 13.3. The van der Waals surface area contributed by atoms with E-state index < -0.39 is 0 Å². The van der Waals surface area contributed by atoms with Crippen LogP contribution in [0.3, 0.4) is 0 Å². The topological polar surface area (TPSA) is 41.0 Å². The minimum absolute atomic E-state index is 0.230. The fourth-order valence-electron chi connectivity index (χ4n) is 3.63. The zero-order valence-electron chi connectivity index (χ0n) is 15.2. The Morgan fingerprint density at radius 2 is 1.81 bits per heavy atom. The van der Waals surface area contributed by atoms with Gasteiger partial charge in [0.25, 0.3) is 0 Å². The maximum absolute atomic E-state index is 13.7. The summed E-state index contributed by atoms with van der Waals surface area (Å²) in [5, 5.41) is 4.47. The normalized spacial score (nSPS) is 15.4. The van der Waals surface area contributed by atoms with Crippen LogP contribution in [-0.2, 0) is 0 Å². The third-order valence-corrected chi connectivity index (χ3v) is 4.95. The zero-order valence-corrected chi connectivity index (χ0v) is 15.2. The monoisotopic (exact) mass is 350 g/mol. The van der Waals surface area contributed by atoms with E-state index in [0.717, 1.165) is 59.7 Å². The predicted octanol–water partition coefficient (Wildman–Crippen LogP) is 4.47. The molecular weight excluding hydrogens is 327 g/mol. The summed E-state index contributed by atoms with van der Waals surface area (Å²) < 4.78 is 13.7. The number of nitrogens with one attached hydrogen (secondary N) is 1. The van der Waals surface area contributed by atoms with Crippen LogP contribution in [0, 0.1) is 19.7 Å². The highest BCUT2D eigenvalue weighted by Crippen LogP contribution is 2.27. The second-order valence-electron chi connectivity index (χ2n) is 7.02. The van der Waals surface area contributed by atoms with E-state index in [1.54, 1.807) is 12.1 Å². The molecule has 0 saturated carbocycles. The highest BCUT2D eigenvalue weighted by atomic mass is 19.1. The summed E-state index contributed by atoms with van der Waals surface area (Å²) >= 11 is 0. The first-order valence-electron chi connectivity index (χ1n) is 9.10. The van der Waals surface area contributed by atoms with E-state index in [9.17, 15) is 4.39 Å². The Hall–Kier alpha value is -2.69. The molecule has 0 bridgehead atoms. The molecule has 4 rings (SSSR count). The second-order valence-corrected chi connectivity index (χ2v) is 7.02. The van der Waals surface area contributed by atoms with Gasteiger partial charge in [0, 0.05) is 41.6 Å². The largest absolute Gasteiger partial charge is 0.382 e. The van der Waals surface area contributed by atoms with E-state index in [-0.39, 0.29) is 5.82 Å². The highest BCUT2D eigenvalue weighted by molar-refractivity contribution is 5.91. The van der Waals surface area contributed by atoms with Gasteiger partial charge < -0.3 is 10.2 Å². The Kier molecular flexibility index (Phi) is 4.45. The van der Waals surface area contributed by atoms with E-state index in [1.807, 2.05) is 26.0 Å². The van der Waals surface area contributed by atoms with Gasteiger partial charge in [0.1, 0.15) is 11.6 Å². The van der Waals surface area contributed by atoms with Crippen LogP contribution >= 0.6 is 0 Å². The Labute approximate surface area is 153 Å². The van der Waals surface area contributed by atoms with Crippen LogP contribution < -0.4 is 10.2 Å². The lowest BCUT2D eigenvalue weighted by atomic mass is 10.0. The number of piperidine rings is 1. The third kappa shape index (κ3) is 3.47. The molecule has 3 heterocycles. The lowest BCUT2D eigenvalue weighted by Gasteiger charge is -2.34. The first kappa shape index (κ1) is 16.8. The molecule has 2 aromatic heterocycles. The van der Waals surface area contributed by atoms with Crippen LogP contribution in [-0.4, -0.2) is 29.1 Å². The van der Waals surface area contributed by atoms with Gasteiger partial charge in [-0.3, -0.25) is 4.98 Å². The van der Waals surface area contributed by atoms with Gasteiger partial charge in [-0.05, 0) is 63.1 Å². The number of fused-ring (bicyclic) bond motifs is 1. The summed E-state index contributed by atoms with van der Waals surface area (Å²) in [7, 11) is 0. The van der Waals surface area contributed by atoms with Crippen LogP contribution in [0.5, 0.6) is 0 Å². The minimum atomic E-state index is -0.230. The van der Waals surface area contributed by atoms with E-state index in [2.05, 4.69) is 32.3 Å². The molecule has 3 aromatic rings. The molecule has 4 nitrogen and oxygen atoms in total. The Morgan fingerprint density at radius 3 is 2.58 bits per heavy atom. The van der Waals surface area contributed by atoms with Gasteiger partial charge in [-0.25, -0.2) is 9.37 Å². The van der Waals surface area contributed by atoms with Crippen LogP contribution in [0.4, 0.5) is 15.9 Å². The van der Waals surface area contributed by atoms with Crippen molar-refractivity contribution in [2.75, 3.05) is 23.3 Å². The molecule has 5 heteroatoms.